The third-order valence-electron chi connectivity index (χ3n) is 6.54. The molecule has 0 N–H and O–H groups in total. The molecule has 3 fully saturated rings. The van der Waals surface area contributed by atoms with Crippen molar-refractivity contribution < 1.29 is 31.6 Å². The van der Waals surface area contributed by atoms with Gasteiger partial charge in [0.25, 0.3) is 0 Å². The predicted molar refractivity (Wildman–Crippen MR) is 110 cm³/mol. The van der Waals surface area contributed by atoms with E-state index < -0.39 is 18.8 Å². The lowest BCUT2D eigenvalue weighted by molar-refractivity contribution is -0.138. The molecule has 0 aromatic heterocycles. The molecule has 1 aromatic carbocycles. The van der Waals surface area contributed by atoms with E-state index in [1.165, 1.54) is 12.1 Å². The molecule has 2 atom stereocenters. The number of amides is 2. The van der Waals surface area contributed by atoms with Crippen LogP contribution in [0, 0.1) is 11.8 Å². The summed E-state index contributed by atoms with van der Waals surface area (Å²) in [6.07, 6.45) is -2.08. The Balaban J connectivity index is 1.29. The van der Waals surface area contributed by atoms with Crippen molar-refractivity contribution in [3.05, 3.63) is 41.5 Å². The highest BCUT2D eigenvalue weighted by atomic mass is 19.4. The monoisotopic (exact) mass is 444 g/mol. The van der Waals surface area contributed by atoms with Gasteiger partial charge >= 0.3 is 12.2 Å². The molecule has 0 saturated carbocycles. The molecule has 0 radical (unpaired) electrons. The number of carbonyl (C=O) groups is 1. The SMILES string of the molecule is [3H]C([3H])([3H])Oc1ccc(CCC2CN(C(=O)N3CC[C@@H]4OCC(=C)C[C@@H]4C3)C2)c(C(F)(F)F)c1. The van der Waals surface area contributed by atoms with Crippen LogP contribution in [0.2, 0.25) is 0 Å². The number of nitrogens with zero attached hydrogens (tertiary/aromatic N) is 2. The van der Waals surface area contributed by atoms with Gasteiger partial charge in [0.1, 0.15) is 5.75 Å². The predicted octanol–water partition coefficient (Wildman–Crippen LogP) is 4.37. The van der Waals surface area contributed by atoms with E-state index in [9.17, 15) is 18.0 Å². The lowest BCUT2D eigenvalue weighted by Crippen LogP contribution is -2.58. The van der Waals surface area contributed by atoms with E-state index in [4.69, 9.17) is 8.85 Å². The number of halogens is 3. The molecule has 0 bridgehead atoms. The van der Waals surface area contributed by atoms with Crippen molar-refractivity contribution in [1.29, 1.82) is 0 Å². The maximum atomic E-state index is 13.5. The average Bonchev–Trinajstić information content (AvgIpc) is 2.70. The van der Waals surface area contributed by atoms with E-state index in [0.717, 1.165) is 24.5 Å². The number of piperidine rings is 1. The van der Waals surface area contributed by atoms with Crippen molar-refractivity contribution in [2.24, 2.45) is 11.8 Å². The van der Waals surface area contributed by atoms with E-state index in [2.05, 4.69) is 11.3 Å². The number of alkyl halides is 3. The summed E-state index contributed by atoms with van der Waals surface area (Å²) in [5, 5.41) is 0. The fourth-order valence-corrected chi connectivity index (χ4v) is 4.82. The molecule has 31 heavy (non-hydrogen) atoms. The summed E-state index contributed by atoms with van der Waals surface area (Å²) < 4.78 is 72.3. The fourth-order valence-electron chi connectivity index (χ4n) is 4.82. The van der Waals surface area contributed by atoms with Gasteiger partial charge in [-0.3, -0.25) is 0 Å². The number of carbonyl (C=O) groups excluding carboxylic acids is 1. The zero-order valence-electron chi connectivity index (χ0n) is 20.3. The normalized spacial score (nSPS) is 26.4. The van der Waals surface area contributed by atoms with Crippen LogP contribution >= 0.6 is 0 Å². The van der Waals surface area contributed by atoms with E-state index in [1.807, 2.05) is 4.90 Å². The first-order valence-corrected chi connectivity index (χ1v) is 10.6. The van der Waals surface area contributed by atoms with Crippen LogP contribution < -0.4 is 4.74 Å². The van der Waals surface area contributed by atoms with Gasteiger partial charge in [-0.05, 0) is 49.3 Å². The maximum absolute atomic E-state index is 13.5. The zero-order chi connectivity index (χ0) is 24.7. The van der Waals surface area contributed by atoms with Gasteiger partial charge in [-0.25, -0.2) is 4.79 Å². The van der Waals surface area contributed by atoms with Crippen LogP contribution in [0.4, 0.5) is 18.0 Å². The number of urea groups is 1. The Bertz CT molecular complexity index is 932. The van der Waals surface area contributed by atoms with Crippen molar-refractivity contribution in [2.75, 3.05) is 39.8 Å². The molecule has 170 valence electrons. The molecule has 2 amide bonds. The third-order valence-corrected chi connectivity index (χ3v) is 6.54. The van der Waals surface area contributed by atoms with Crippen molar-refractivity contribution in [3.63, 3.8) is 0 Å². The molecule has 8 heteroatoms. The Morgan fingerprint density at radius 2 is 2.13 bits per heavy atom. The molecule has 3 aliphatic rings. The fraction of sp³-hybridized carbons (Fsp3) is 0.609. The Hall–Kier alpha value is -2.22. The number of rotatable bonds is 4. The largest absolute Gasteiger partial charge is 0.497 e. The summed E-state index contributed by atoms with van der Waals surface area (Å²) in [5.41, 5.74) is 0.256. The summed E-state index contributed by atoms with van der Waals surface area (Å²) in [7, 11) is -2.82. The highest BCUT2D eigenvalue weighted by molar-refractivity contribution is 5.75. The Morgan fingerprint density at radius 1 is 1.32 bits per heavy atom. The van der Waals surface area contributed by atoms with Gasteiger partial charge in [-0.1, -0.05) is 18.2 Å². The van der Waals surface area contributed by atoms with E-state index in [1.54, 1.807) is 4.90 Å². The topological polar surface area (TPSA) is 42.0 Å². The van der Waals surface area contributed by atoms with Crippen LogP contribution in [-0.4, -0.2) is 61.8 Å². The van der Waals surface area contributed by atoms with Gasteiger partial charge in [-0.2, -0.15) is 13.2 Å². The van der Waals surface area contributed by atoms with E-state index in [0.29, 0.717) is 39.2 Å². The van der Waals surface area contributed by atoms with Crippen molar-refractivity contribution >= 4 is 6.03 Å². The molecular weight excluding hydrogens is 409 g/mol. The van der Waals surface area contributed by atoms with Crippen LogP contribution in [0.3, 0.4) is 0 Å². The summed E-state index contributed by atoms with van der Waals surface area (Å²) in [5.74, 6) is 0.0555. The van der Waals surface area contributed by atoms with Crippen molar-refractivity contribution in [3.8, 4) is 5.75 Å². The third kappa shape index (κ3) is 4.84. The van der Waals surface area contributed by atoms with Gasteiger partial charge in [0, 0.05) is 32.1 Å². The van der Waals surface area contributed by atoms with Gasteiger partial charge in [0.2, 0.25) is 0 Å². The highest BCUT2D eigenvalue weighted by Gasteiger charge is 2.39. The van der Waals surface area contributed by atoms with Crippen LogP contribution in [0.5, 0.6) is 5.75 Å². The van der Waals surface area contributed by atoms with Crippen LogP contribution in [0.1, 0.15) is 34.5 Å². The lowest BCUT2D eigenvalue weighted by atomic mass is 9.86. The number of aryl methyl sites for hydroxylation is 1. The second kappa shape index (κ2) is 8.73. The molecule has 0 unspecified atom stereocenters. The smallest absolute Gasteiger partial charge is 0.416 e. The average molecular weight is 445 g/mol. The number of ether oxygens (including phenoxy) is 2. The number of benzene rings is 1. The minimum Gasteiger partial charge on any atom is -0.497 e. The Morgan fingerprint density at radius 3 is 2.87 bits per heavy atom. The number of hydrogen-bond donors (Lipinski definition) is 0. The summed E-state index contributed by atoms with van der Waals surface area (Å²) in [6, 6.07) is 3.25. The number of hydrogen-bond acceptors (Lipinski definition) is 3. The molecule has 5 nitrogen and oxygen atoms in total. The minimum absolute atomic E-state index is 0.0203. The summed E-state index contributed by atoms with van der Waals surface area (Å²) >= 11 is 0. The molecule has 1 aromatic rings. The molecule has 3 saturated heterocycles. The molecule has 3 aliphatic heterocycles. The molecule has 4 rings (SSSR count). The molecule has 3 heterocycles. The molecular formula is C23H29F3N2O3. The molecule has 0 aliphatic carbocycles. The zero-order valence-corrected chi connectivity index (χ0v) is 17.3. The first-order valence-electron chi connectivity index (χ1n) is 12.1. The molecule has 0 spiro atoms. The number of methoxy groups -OCH3 is 1. The summed E-state index contributed by atoms with van der Waals surface area (Å²) in [4.78, 5) is 16.5. The van der Waals surface area contributed by atoms with Gasteiger partial charge in [0.05, 0.1) is 29.4 Å². The maximum Gasteiger partial charge on any atom is 0.416 e. The van der Waals surface area contributed by atoms with Gasteiger partial charge < -0.3 is 19.3 Å². The second-order valence-electron chi connectivity index (χ2n) is 8.81. The first kappa shape index (κ1) is 18.4. The van der Waals surface area contributed by atoms with Crippen LogP contribution in [-0.2, 0) is 17.3 Å². The Kier molecular flexibility index (Phi) is 5.17. The standard InChI is InChI=1S/C23H29F3N2O3/c1-15-9-18-13-27(8-7-21(18)31-14-15)22(29)28-11-16(12-28)3-4-17-5-6-19(30-2)10-20(17)23(24,25)26/h5-6,10,16,18,21H,1,3-4,7-9,11-14H2,2H3/t18-,21+/m1/s1/i2T3. The lowest BCUT2D eigenvalue weighted by Gasteiger charge is -2.46. The highest BCUT2D eigenvalue weighted by Crippen LogP contribution is 2.36. The van der Waals surface area contributed by atoms with Gasteiger partial charge in [-0.15, -0.1) is 0 Å². The van der Waals surface area contributed by atoms with Gasteiger partial charge in [0.15, 0.2) is 0 Å². The van der Waals surface area contributed by atoms with Crippen LogP contribution in [0.15, 0.2) is 30.4 Å². The first-order chi connectivity index (χ1) is 15.9. The van der Waals surface area contributed by atoms with E-state index >= 15 is 0 Å². The number of likely N-dealkylation sites (tertiary alicyclic amines) is 2. The minimum atomic E-state index is -4.62. The second-order valence-corrected chi connectivity index (χ2v) is 8.81. The Labute approximate surface area is 185 Å². The van der Waals surface area contributed by atoms with E-state index in [-0.39, 0.29) is 41.7 Å². The number of fused-ring (bicyclic) bond motifs is 1. The summed E-state index contributed by atoms with van der Waals surface area (Å²) in [6.45, 7) is 6.92. The van der Waals surface area contributed by atoms with Crippen molar-refractivity contribution in [1.82, 2.24) is 9.80 Å². The van der Waals surface area contributed by atoms with Crippen LogP contribution in [0.25, 0.3) is 0 Å². The van der Waals surface area contributed by atoms with Crippen molar-refractivity contribution in [2.45, 2.75) is 38.0 Å². The quantitative estimate of drug-likeness (QED) is 0.648.